The lowest BCUT2D eigenvalue weighted by molar-refractivity contribution is 0.246. The highest BCUT2D eigenvalue weighted by Crippen LogP contribution is 2.26. The van der Waals surface area contributed by atoms with Crippen LogP contribution in [0.4, 0.5) is 10.5 Å². The summed E-state index contributed by atoms with van der Waals surface area (Å²) in [5.41, 5.74) is 3.55. The van der Waals surface area contributed by atoms with E-state index >= 15 is 0 Å². The van der Waals surface area contributed by atoms with Gasteiger partial charge in [-0.15, -0.1) is 0 Å². The van der Waals surface area contributed by atoms with Crippen LogP contribution in [0.1, 0.15) is 24.5 Å². The summed E-state index contributed by atoms with van der Waals surface area (Å²) in [4.78, 5) is 27.6. The molecule has 2 amide bonds. The number of carbonyl (C=O) groups is 1. The molecule has 1 N–H and O–H groups in total. The van der Waals surface area contributed by atoms with Crippen molar-refractivity contribution < 1.29 is 9.53 Å². The van der Waals surface area contributed by atoms with Crippen LogP contribution in [0, 0.1) is 0 Å². The van der Waals surface area contributed by atoms with Crippen molar-refractivity contribution in [3.63, 3.8) is 0 Å². The highest BCUT2D eigenvalue weighted by atomic mass is 16.5. The van der Waals surface area contributed by atoms with Crippen molar-refractivity contribution >= 4 is 22.6 Å². The summed E-state index contributed by atoms with van der Waals surface area (Å²) in [7, 11) is 1.60. The van der Waals surface area contributed by atoms with Gasteiger partial charge in [-0.1, -0.05) is 18.2 Å². The molecule has 3 aromatic rings. The van der Waals surface area contributed by atoms with Crippen molar-refractivity contribution in [2.75, 3.05) is 18.6 Å². The highest BCUT2D eigenvalue weighted by molar-refractivity contribution is 5.92. The zero-order valence-corrected chi connectivity index (χ0v) is 16.8. The van der Waals surface area contributed by atoms with Gasteiger partial charge in [0.1, 0.15) is 5.75 Å². The Kier molecular flexibility index (Phi) is 5.25. The van der Waals surface area contributed by atoms with E-state index in [9.17, 15) is 9.59 Å². The normalized spacial score (nSPS) is 12.6. The largest absolute Gasteiger partial charge is 0.497 e. The molecule has 0 spiro atoms. The van der Waals surface area contributed by atoms with E-state index in [-0.39, 0.29) is 18.1 Å². The third kappa shape index (κ3) is 3.58. The van der Waals surface area contributed by atoms with Gasteiger partial charge in [0.2, 0.25) is 0 Å². The predicted octanol–water partition coefficient (Wildman–Crippen LogP) is 3.69. The zero-order chi connectivity index (χ0) is 20.4. The van der Waals surface area contributed by atoms with Gasteiger partial charge < -0.3 is 14.6 Å². The molecular weight excluding hydrogens is 366 g/mol. The van der Waals surface area contributed by atoms with Crippen molar-refractivity contribution in [1.29, 1.82) is 0 Å². The number of rotatable bonds is 5. The lowest BCUT2D eigenvalue weighted by Crippen LogP contribution is -2.41. The minimum Gasteiger partial charge on any atom is -0.497 e. The van der Waals surface area contributed by atoms with Crippen LogP contribution in [0.15, 0.2) is 53.3 Å². The lowest BCUT2D eigenvalue weighted by atomic mass is 10.00. The molecular formula is C23H25N3O3. The Morgan fingerprint density at radius 3 is 2.72 bits per heavy atom. The number of amides is 2. The number of nitrogens with zero attached hydrogens (tertiary/aromatic N) is 2. The Balaban J connectivity index is 1.77. The van der Waals surface area contributed by atoms with Crippen molar-refractivity contribution in [2.45, 2.75) is 32.9 Å². The first-order valence-electron chi connectivity index (χ1n) is 9.96. The van der Waals surface area contributed by atoms with E-state index in [1.54, 1.807) is 12.0 Å². The van der Waals surface area contributed by atoms with Crippen LogP contribution >= 0.6 is 0 Å². The van der Waals surface area contributed by atoms with E-state index in [4.69, 9.17) is 4.74 Å². The van der Waals surface area contributed by atoms with Gasteiger partial charge in [-0.2, -0.15) is 0 Å². The van der Waals surface area contributed by atoms with Crippen molar-refractivity contribution in [3.8, 4) is 5.75 Å². The summed E-state index contributed by atoms with van der Waals surface area (Å²) in [6.07, 6.45) is 1.95. The number of pyridine rings is 1. The van der Waals surface area contributed by atoms with Crippen LogP contribution in [0.5, 0.6) is 5.75 Å². The van der Waals surface area contributed by atoms with Crippen LogP contribution in [0.25, 0.3) is 10.9 Å². The zero-order valence-electron chi connectivity index (χ0n) is 16.8. The van der Waals surface area contributed by atoms with Gasteiger partial charge in [-0.25, -0.2) is 4.79 Å². The summed E-state index contributed by atoms with van der Waals surface area (Å²) in [5, 5.41) is 3.89. The molecule has 0 radical (unpaired) electrons. The van der Waals surface area contributed by atoms with Gasteiger partial charge in [0, 0.05) is 24.3 Å². The molecule has 0 bridgehead atoms. The van der Waals surface area contributed by atoms with E-state index in [0.29, 0.717) is 30.1 Å². The summed E-state index contributed by atoms with van der Waals surface area (Å²) < 4.78 is 7.09. The van der Waals surface area contributed by atoms with Crippen molar-refractivity contribution in [3.05, 3.63) is 70.0 Å². The van der Waals surface area contributed by atoms with Gasteiger partial charge in [-0.3, -0.25) is 9.69 Å². The smallest absolute Gasteiger partial charge is 0.322 e. The summed E-state index contributed by atoms with van der Waals surface area (Å²) >= 11 is 0. The number of hydrogen-bond donors (Lipinski definition) is 1. The Morgan fingerprint density at radius 1 is 1.21 bits per heavy atom. The molecule has 6 heteroatoms. The average molecular weight is 391 g/mol. The number of benzene rings is 2. The second kappa shape index (κ2) is 7.99. The number of para-hydroxylation sites is 1. The molecule has 0 fully saturated rings. The molecule has 1 aromatic heterocycles. The van der Waals surface area contributed by atoms with E-state index in [1.807, 2.05) is 54.0 Å². The number of anilines is 1. The summed E-state index contributed by atoms with van der Waals surface area (Å²) in [5.74, 6) is 0.715. The first kappa shape index (κ1) is 19.1. The minimum atomic E-state index is -0.232. The maximum atomic E-state index is 13.2. The minimum absolute atomic E-state index is 0.0209. The van der Waals surface area contributed by atoms with Crippen LogP contribution in [-0.2, 0) is 19.5 Å². The molecule has 0 atom stereocenters. The van der Waals surface area contributed by atoms with Crippen LogP contribution < -0.4 is 20.5 Å². The van der Waals surface area contributed by atoms with Gasteiger partial charge in [0.15, 0.2) is 0 Å². The van der Waals surface area contributed by atoms with Crippen LogP contribution in [-0.4, -0.2) is 24.3 Å². The fourth-order valence-electron chi connectivity index (χ4n) is 4.00. The first-order chi connectivity index (χ1) is 14.1. The summed E-state index contributed by atoms with van der Waals surface area (Å²) in [6, 6.07) is 15.1. The number of urea groups is 1. The fraction of sp³-hybridized carbons (Fsp3) is 0.304. The van der Waals surface area contributed by atoms with Crippen LogP contribution in [0.3, 0.4) is 0 Å². The van der Waals surface area contributed by atoms with E-state index < -0.39 is 0 Å². The maximum absolute atomic E-state index is 13.2. The van der Waals surface area contributed by atoms with E-state index in [1.165, 1.54) is 5.56 Å². The topological polar surface area (TPSA) is 63.6 Å². The van der Waals surface area contributed by atoms with Crippen molar-refractivity contribution in [1.82, 2.24) is 9.88 Å². The number of nitrogens with one attached hydrogen (secondary N) is 1. The molecule has 2 heterocycles. The molecule has 6 nitrogen and oxygen atoms in total. The number of ether oxygens (including phenoxy) is 1. The second-order valence-electron chi connectivity index (χ2n) is 7.20. The average Bonchev–Trinajstić information content (AvgIpc) is 2.75. The number of aryl methyl sites for hydroxylation is 2. The third-order valence-electron chi connectivity index (χ3n) is 5.38. The highest BCUT2D eigenvalue weighted by Gasteiger charge is 2.21. The summed E-state index contributed by atoms with van der Waals surface area (Å²) in [6.45, 7) is 3.30. The molecule has 2 aromatic carbocycles. The molecule has 0 aliphatic carbocycles. The van der Waals surface area contributed by atoms with E-state index in [2.05, 4.69) is 11.4 Å². The van der Waals surface area contributed by atoms with Crippen molar-refractivity contribution in [2.24, 2.45) is 0 Å². The predicted molar refractivity (Wildman–Crippen MR) is 115 cm³/mol. The molecule has 4 rings (SSSR count). The fourth-order valence-corrected chi connectivity index (χ4v) is 4.00. The Bertz CT molecular complexity index is 1100. The molecule has 1 aliphatic heterocycles. The molecule has 1 aliphatic rings. The van der Waals surface area contributed by atoms with Gasteiger partial charge in [0.25, 0.3) is 5.56 Å². The maximum Gasteiger partial charge on any atom is 0.322 e. The molecule has 0 saturated heterocycles. The third-order valence-corrected chi connectivity index (χ3v) is 5.38. The standard InChI is InChI=1S/C23H25N3O3/c1-3-24-23(28)26(19-9-11-20(29-2)12-10-19)15-18-14-17-7-4-6-16-8-5-13-25(21(16)17)22(18)27/h4,6-7,9-12,14H,3,5,8,13,15H2,1-2H3,(H,24,28). The Labute approximate surface area is 169 Å². The second-order valence-corrected chi connectivity index (χ2v) is 7.20. The van der Waals surface area contributed by atoms with Crippen LogP contribution in [0.2, 0.25) is 0 Å². The monoisotopic (exact) mass is 391 g/mol. The number of hydrogen-bond acceptors (Lipinski definition) is 3. The van der Waals surface area contributed by atoms with Gasteiger partial charge >= 0.3 is 6.03 Å². The SMILES string of the molecule is CCNC(=O)N(Cc1cc2cccc3c2n(c1=O)CCC3)c1ccc(OC)cc1. The number of aromatic nitrogens is 1. The Hall–Kier alpha value is -3.28. The molecule has 0 saturated carbocycles. The van der Waals surface area contributed by atoms with E-state index in [0.717, 1.165) is 23.7 Å². The Morgan fingerprint density at radius 2 is 2.00 bits per heavy atom. The number of carbonyl (C=O) groups excluding carboxylic acids is 1. The molecule has 29 heavy (non-hydrogen) atoms. The van der Waals surface area contributed by atoms with Gasteiger partial charge in [0.05, 0.1) is 19.2 Å². The first-order valence-corrected chi connectivity index (χ1v) is 9.96. The van der Waals surface area contributed by atoms with Gasteiger partial charge in [-0.05, 0) is 61.0 Å². The molecule has 150 valence electrons. The number of methoxy groups -OCH3 is 1. The lowest BCUT2D eigenvalue weighted by Gasteiger charge is -2.25. The molecule has 0 unspecified atom stereocenters. The quantitative estimate of drug-likeness (QED) is 0.721.